The predicted molar refractivity (Wildman–Crippen MR) is 77.3 cm³/mol. The number of carbonyl (C=O) groups is 1. The molecule has 5 heteroatoms. The first-order valence-electron chi connectivity index (χ1n) is 5.74. The van der Waals surface area contributed by atoms with Gasteiger partial charge in [-0.1, -0.05) is 30.3 Å². The summed E-state index contributed by atoms with van der Waals surface area (Å²) in [4.78, 5) is 16.8. The van der Waals surface area contributed by atoms with Crippen LogP contribution in [-0.4, -0.2) is 16.2 Å². The van der Waals surface area contributed by atoms with E-state index in [-0.39, 0.29) is 6.54 Å². The highest BCUT2D eigenvalue weighted by Gasteiger charge is 2.16. The van der Waals surface area contributed by atoms with Crippen molar-refractivity contribution in [1.82, 2.24) is 4.98 Å². The van der Waals surface area contributed by atoms with Gasteiger partial charge in [-0.05, 0) is 40.0 Å². The Morgan fingerprint density at radius 1 is 1.37 bits per heavy atom. The van der Waals surface area contributed by atoms with Crippen molar-refractivity contribution >= 4 is 27.8 Å². The average molecular weight is 321 g/mol. The molecule has 1 heterocycles. The third-order valence-electron chi connectivity index (χ3n) is 2.72. The normalized spacial score (nSPS) is 10.2. The lowest BCUT2D eigenvalue weighted by Gasteiger charge is -2.19. The van der Waals surface area contributed by atoms with Crippen molar-refractivity contribution < 1.29 is 9.90 Å². The summed E-state index contributed by atoms with van der Waals surface area (Å²) in [6, 6.07) is 11.2. The molecule has 4 nitrogen and oxygen atoms in total. The Morgan fingerprint density at radius 2 is 2.05 bits per heavy atom. The van der Waals surface area contributed by atoms with Gasteiger partial charge in [0.25, 0.3) is 0 Å². The van der Waals surface area contributed by atoms with Crippen LogP contribution in [0, 0.1) is 6.92 Å². The van der Waals surface area contributed by atoms with E-state index in [4.69, 9.17) is 0 Å². The second-order valence-electron chi connectivity index (χ2n) is 4.15. The second-order valence-corrected chi connectivity index (χ2v) is 5.00. The molecule has 1 aromatic heterocycles. The number of carboxylic acid groups (broad SMARTS) is 1. The van der Waals surface area contributed by atoms with Crippen LogP contribution in [0.4, 0.5) is 10.6 Å². The van der Waals surface area contributed by atoms with Gasteiger partial charge >= 0.3 is 6.09 Å². The maximum Gasteiger partial charge on any atom is 0.413 e. The van der Waals surface area contributed by atoms with Gasteiger partial charge in [0.15, 0.2) is 0 Å². The summed E-state index contributed by atoms with van der Waals surface area (Å²) in [6.07, 6.45) is 0.601. The summed E-state index contributed by atoms with van der Waals surface area (Å²) in [5.41, 5.74) is 1.87. The Kier molecular flexibility index (Phi) is 4.16. The standard InChI is InChI=1S/C14H13BrN2O2/c1-10-7-13(16-8-12(10)15)17(14(18)19)9-11-5-3-2-4-6-11/h2-8H,9H2,1H3,(H,18,19). The molecule has 0 fully saturated rings. The van der Waals surface area contributed by atoms with Gasteiger partial charge < -0.3 is 5.11 Å². The number of nitrogens with zero attached hydrogens (tertiary/aromatic N) is 2. The zero-order valence-corrected chi connectivity index (χ0v) is 12.0. The van der Waals surface area contributed by atoms with Crippen molar-refractivity contribution in [3.05, 3.63) is 58.2 Å². The van der Waals surface area contributed by atoms with Crippen LogP contribution in [0.25, 0.3) is 0 Å². The molecule has 0 spiro atoms. The van der Waals surface area contributed by atoms with Gasteiger partial charge in [-0.25, -0.2) is 9.78 Å². The molecule has 0 unspecified atom stereocenters. The van der Waals surface area contributed by atoms with Crippen LogP contribution in [0.15, 0.2) is 47.1 Å². The minimum atomic E-state index is -1.02. The Balaban J connectivity index is 2.30. The summed E-state index contributed by atoms with van der Waals surface area (Å²) in [5, 5.41) is 9.32. The topological polar surface area (TPSA) is 53.4 Å². The van der Waals surface area contributed by atoms with Crippen LogP contribution < -0.4 is 4.90 Å². The first kappa shape index (κ1) is 13.5. The number of aryl methyl sites for hydroxylation is 1. The molecule has 0 aliphatic rings. The molecule has 0 saturated carbocycles. The minimum absolute atomic E-state index is 0.282. The fourth-order valence-electron chi connectivity index (χ4n) is 1.68. The molecule has 1 N–H and O–H groups in total. The molecule has 0 radical (unpaired) electrons. The number of amides is 1. The fourth-order valence-corrected chi connectivity index (χ4v) is 1.90. The van der Waals surface area contributed by atoms with Crippen LogP contribution >= 0.6 is 15.9 Å². The van der Waals surface area contributed by atoms with Crippen molar-refractivity contribution in [1.29, 1.82) is 0 Å². The average Bonchev–Trinajstić information content (AvgIpc) is 2.40. The molecule has 0 aliphatic carbocycles. The number of pyridine rings is 1. The van der Waals surface area contributed by atoms with Crippen molar-refractivity contribution in [2.75, 3.05) is 4.90 Å². The highest BCUT2D eigenvalue weighted by atomic mass is 79.9. The fraction of sp³-hybridized carbons (Fsp3) is 0.143. The molecule has 2 rings (SSSR count). The van der Waals surface area contributed by atoms with Crippen molar-refractivity contribution in [3.63, 3.8) is 0 Å². The monoisotopic (exact) mass is 320 g/mol. The molecule has 1 aromatic carbocycles. The second kappa shape index (κ2) is 5.84. The quantitative estimate of drug-likeness (QED) is 0.934. The number of rotatable bonds is 3. The third kappa shape index (κ3) is 3.32. The highest BCUT2D eigenvalue weighted by Crippen LogP contribution is 2.21. The molecular formula is C14H13BrN2O2. The number of anilines is 1. The first-order chi connectivity index (χ1) is 9.08. The number of halogens is 1. The van der Waals surface area contributed by atoms with Crippen molar-refractivity contribution in [2.45, 2.75) is 13.5 Å². The van der Waals surface area contributed by atoms with E-state index in [1.54, 1.807) is 12.3 Å². The lowest BCUT2D eigenvalue weighted by Crippen LogP contribution is -2.29. The lowest BCUT2D eigenvalue weighted by atomic mass is 10.2. The highest BCUT2D eigenvalue weighted by molar-refractivity contribution is 9.10. The summed E-state index contributed by atoms with van der Waals surface area (Å²) >= 11 is 3.35. The lowest BCUT2D eigenvalue weighted by molar-refractivity contribution is 0.201. The summed E-state index contributed by atoms with van der Waals surface area (Å²) in [5.74, 6) is 0.428. The molecule has 0 bridgehead atoms. The van der Waals surface area contributed by atoms with Crippen LogP contribution in [0.5, 0.6) is 0 Å². The maximum atomic E-state index is 11.4. The Labute approximate surface area is 119 Å². The van der Waals surface area contributed by atoms with Gasteiger partial charge in [0.05, 0.1) is 6.54 Å². The van der Waals surface area contributed by atoms with E-state index in [0.29, 0.717) is 5.82 Å². The molecule has 2 aromatic rings. The predicted octanol–water partition coefficient (Wildman–Crippen LogP) is 3.84. The van der Waals surface area contributed by atoms with Crippen LogP contribution in [0.3, 0.4) is 0 Å². The van der Waals surface area contributed by atoms with Crippen LogP contribution in [-0.2, 0) is 6.54 Å². The van der Waals surface area contributed by atoms with Gasteiger partial charge in [-0.3, -0.25) is 4.90 Å². The van der Waals surface area contributed by atoms with E-state index < -0.39 is 6.09 Å². The van der Waals surface area contributed by atoms with E-state index >= 15 is 0 Å². The molecule has 19 heavy (non-hydrogen) atoms. The third-order valence-corrected chi connectivity index (χ3v) is 3.55. The van der Waals surface area contributed by atoms with Crippen molar-refractivity contribution in [3.8, 4) is 0 Å². The van der Waals surface area contributed by atoms with Crippen molar-refractivity contribution in [2.24, 2.45) is 0 Å². The van der Waals surface area contributed by atoms with Gasteiger partial charge in [0.1, 0.15) is 5.82 Å². The van der Waals surface area contributed by atoms with Crippen LogP contribution in [0.2, 0.25) is 0 Å². The molecule has 0 atom stereocenters. The van der Waals surface area contributed by atoms with E-state index in [9.17, 15) is 9.90 Å². The summed E-state index contributed by atoms with van der Waals surface area (Å²) in [6.45, 7) is 2.18. The van der Waals surface area contributed by atoms with Gasteiger partial charge in [-0.15, -0.1) is 0 Å². The first-order valence-corrected chi connectivity index (χ1v) is 6.54. The maximum absolute atomic E-state index is 11.4. The van der Waals surface area contributed by atoms with Gasteiger partial charge in [0.2, 0.25) is 0 Å². The van der Waals surface area contributed by atoms with Gasteiger partial charge in [0, 0.05) is 10.7 Å². The molecular weight excluding hydrogens is 308 g/mol. The number of aromatic nitrogens is 1. The summed E-state index contributed by atoms with van der Waals surface area (Å²) < 4.78 is 0.862. The van der Waals surface area contributed by atoms with E-state index in [1.807, 2.05) is 37.3 Å². The Morgan fingerprint density at radius 3 is 2.63 bits per heavy atom. The number of hydrogen-bond acceptors (Lipinski definition) is 2. The number of hydrogen-bond donors (Lipinski definition) is 1. The Bertz CT molecular complexity index is 587. The SMILES string of the molecule is Cc1cc(N(Cc2ccccc2)C(=O)O)ncc1Br. The van der Waals surface area contributed by atoms with E-state index in [0.717, 1.165) is 15.6 Å². The van der Waals surface area contributed by atoms with E-state index in [2.05, 4.69) is 20.9 Å². The molecule has 0 saturated heterocycles. The van der Waals surface area contributed by atoms with E-state index in [1.165, 1.54) is 4.90 Å². The zero-order valence-electron chi connectivity index (χ0n) is 10.4. The minimum Gasteiger partial charge on any atom is -0.465 e. The largest absolute Gasteiger partial charge is 0.465 e. The molecule has 98 valence electrons. The summed E-state index contributed by atoms with van der Waals surface area (Å²) in [7, 11) is 0. The molecule has 1 amide bonds. The van der Waals surface area contributed by atoms with Crippen LogP contribution in [0.1, 0.15) is 11.1 Å². The van der Waals surface area contributed by atoms with Gasteiger partial charge in [-0.2, -0.15) is 0 Å². The smallest absolute Gasteiger partial charge is 0.413 e. The zero-order chi connectivity index (χ0) is 13.8. The Hall–Kier alpha value is -1.88. The molecule has 0 aliphatic heterocycles. The number of benzene rings is 1.